The van der Waals surface area contributed by atoms with E-state index < -0.39 is 0 Å². The molecule has 1 N–H and O–H groups in total. The van der Waals surface area contributed by atoms with Crippen molar-refractivity contribution < 1.29 is 4.74 Å². The molecule has 2 nitrogen and oxygen atoms in total. The molecular weight excluding hydrogens is 182 g/mol. The van der Waals surface area contributed by atoms with Crippen molar-refractivity contribution in [2.24, 2.45) is 5.92 Å². The average molecular weight is 201 g/mol. The summed E-state index contributed by atoms with van der Waals surface area (Å²) in [7, 11) is 1.82. The minimum atomic E-state index is 0.332. The van der Waals surface area contributed by atoms with Crippen LogP contribution >= 0.6 is 11.8 Å². The molecule has 2 heterocycles. The van der Waals surface area contributed by atoms with Crippen LogP contribution in [0.25, 0.3) is 0 Å². The van der Waals surface area contributed by atoms with E-state index in [0.29, 0.717) is 5.54 Å². The maximum atomic E-state index is 5.37. The van der Waals surface area contributed by atoms with Crippen LogP contribution in [0.2, 0.25) is 0 Å². The molecule has 13 heavy (non-hydrogen) atoms. The standard InChI is InChI=1S/C10H19NOS/c1-12-8-10(4-2-5-11-10)9-3-6-13-7-9/h9,11H,2-8H2,1H3. The van der Waals surface area contributed by atoms with Gasteiger partial charge >= 0.3 is 0 Å². The SMILES string of the molecule is COCC1(C2CCSC2)CCCN1. The Kier molecular flexibility index (Phi) is 3.17. The van der Waals surface area contributed by atoms with Crippen LogP contribution in [0.5, 0.6) is 0 Å². The highest BCUT2D eigenvalue weighted by Gasteiger charge is 2.42. The zero-order valence-electron chi connectivity index (χ0n) is 8.34. The van der Waals surface area contributed by atoms with Crippen LogP contribution in [0.3, 0.4) is 0 Å². The average Bonchev–Trinajstić information content (AvgIpc) is 2.73. The quantitative estimate of drug-likeness (QED) is 0.748. The smallest absolute Gasteiger partial charge is 0.0647 e. The first-order chi connectivity index (χ1) is 6.37. The van der Waals surface area contributed by atoms with E-state index in [0.717, 1.165) is 12.5 Å². The predicted molar refractivity (Wildman–Crippen MR) is 57.3 cm³/mol. The maximum absolute atomic E-state index is 5.37. The third-order valence-electron chi connectivity index (χ3n) is 3.39. The minimum absolute atomic E-state index is 0.332. The lowest BCUT2D eigenvalue weighted by Gasteiger charge is -2.34. The lowest BCUT2D eigenvalue weighted by atomic mass is 9.83. The van der Waals surface area contributed by atoms with Gasteiger partial charge in [0.1, 0.15) is 0 Å². The van der Waals surface area contributed by atoms with E-state index >= 15 is 0 Å². The number of hydrogen-bond acceptors (Lipinski definition) is 3. The summed E-state index contributed by atoms with van der Waals surface area (Å²) < 4.78 is 5.37. The lowest BCUT2D eigenvalue weighted by Crippen LogP contribution is -2.50. The van der Waals surface area contributed by atoms with Gasteiger partial charge in [-0.05, 0) is 43.2 Å². The van der Waals surface area contributed by atoms with E-state index in [1.807, 2.05) is 7.11 Å². The Bertz CT molecular complexity index is 162. The van der Waals surface area contributed by atoms with Gasteiger partial charge in [-0.15, -0.1) is 0 Å². The van der Waals surface area contributed by atoms with Gasteiger partial charge in [-0.25, -0.2) is 0 Å². The molecule has 2 atom stereocenters. The molecule has 2 fully saturated rings. The second-order valence-corrected chi connectivity index (χ2v) is 5.33. The molecule has 76 valence electrons. The first-order valence-electron chi connectivity index (χ1n) is 5.19. The van der Waals surface area contributed by atoms with Crippen molar-refractivity contribution in [3.8, 4) is 0 Å². The summed E-state index contributed by atoms with van der Waals surface area (Å²) in [5, 5.41) is 3.67. The second kappa shape index (κ2) is 4.20. The van der Waals surface area contributed by atoms with Gasteiger partial charge < -0.3 is 10.1 Å². The molecule has 0 bridgehead atoms. The number of nitrogens with one attached hydrogen (secondary N) is 1. The number of thioether (sulfide) groups is 1. The summed E-state index contributed by atoms with van der Waals surface area (Å²) in [5.74, 6) is 3.52. The normalized spacial score (nSPS) is 39.9. The molecule has 2 unspecified atom stereocenters. The summed E-state index contributed by atoms with van der Waals surface area (Å²) in [6.07, 6.45) is 4.01. The molecule has 0 aromatic heterocycles. The number of methoxy groups -OCH3 is 1. The second-order valence-electron chi connectivity index (χ2n) is 4.18. The van der Waals surface area contributed by atoms with Crippen molar-refractivity contribution in [2.45, 2.75) is 24.8 Å². The van der Waals surface area contributed by atoms with Crippen LogP contribution in [0.4, 0.5) is 0 Å². The third-order valence-corrected chi connectivity index (χ3v) is 4.55. The molecular formula is C10H19NOS. The van der Waals surface area contributed by atoms with E-state index in [1.54, 1.807) is 0 Å². The fourth-order valence-corrected chi connectivity index (χ4v) is 4.04. The predicted octanol–water partition coefficient (Wildman–Crippen LogP) is 1.51. The summed E-state index contributed by atoms with van der Waals surface area (Å²) in [6, 6.07) is 0. The number of rotatable bonds is 3. The van der Waals surface area contributed by atoms with Crippen molar-refractivity contribution in [2.75, 3.05) is 31.8 Å². The third kappa shape index (κ3) is 1.88. The Labute approximate surface area is 84.8 Å². The maximum Gasteiger partial charge on any atom is 0.0647 e. The number of ether oxygens (including phenoxy) is 1. The van der Waals surface area contributed by atoms with Gasteiger partial charge in [0.25, 0.3) is 0 Å². The fraction of sp³-hybridized carbons (Fsp3) is 1.00. The molecule has 2 saturated heterocycles. The fourth-order valence-electron chi connectivity index (χ4n) is 2.65. The molecule has 0 spiro atoms. The molecule has 3 heteroatoms. The molecule has 0 aromatic rings. The highest BCUT2D eigenvalue weighted by atomic mass is 32.2. The molecule has 0 aromatic carbocycles. The molecule has 2 rings (SSSR count). The van der Waals surface area contributed by atoms with Gasteiger partial charge in [-0.1, -0.05) is 0 Å². The summed E-state index contributed by atoms with van der Waals surface area (Å²) >= 11 is 2.10. The van der Waals surface area contributed by atoms with Crippen LogP contribution < -0.4 is 5.32 Å². The van der Waals surface area contributed by atoms with Crippen molar-refractivity contribution in [1.82, 2.24) is 5.32 Å². The topological polar surface area (TPSA) is 21.3 Å². The van der Waals surface area contributed by atoms with Crippen LogP contribution in [0, 0.1) is 5.92 Å². The van der Waals surface area contributed by atoms with E-state index in [4.69, 9.17) is 4.74 Å². The Morgan fingerprint density at radius 1 is 1.62 bits per heavy atom. The van der Waals surface area contributed by atoms with Crippen LogP contribution in [0.15, 0.2) is 0 Å². The molecule has 0 amide bonds. The van der Waals surface area contributed by atoms with E-state index in [2.05, 4.69) is 17.1 Å². The monoisotopic (exact) mass is 201 g/mol. The highest BCUT2D eigenvalue weighted by molar-refractivity contribution is 7.99. The molecule has 0 radical (unpaired) electrons. The summed E-state index contributed by atoms with van der Waals surface area (Å²) in [6.45, 7) is 2.09. The molecule has 0 saturated carbocycles. The van der Waals surface area contributed by atoms with E-state index in [9.17, 15) is 0 Å². The van der Waals surface area contributed by atoms with Gasteiger partial charge in [0.05, 0.1) is 6.61 Å². The van der Waals surface area contributed by atoms with E-state index in [-0.39, 0.29) is 0 Å². The zero-order valence-corrected chi connectivity index (χ0v) is 9.16. The van der Waals surface area contributed by atoms with Crippen LogP contribution in [0.1, 0.15) is 19.3 Å². The van der Waals surface area contributed by atoms with Crippen molar-refractivity contribution in [1.29, 1.82) is 0 Å². The summed E-state index contributed by atoms with van der Waals surface area (Å²) in [5.41, 5.74) is 0.332. The number of hydrogen-bond donors (Lipinski definition) is 1. The summed E-state index contributed by atoms with van der Waals surface area (Å²) in [4.78, 5) is 0. The van der Waals surface area contributed by atoms with Gasteiger partial charge in [-0.2, -0.15) is 11.8 Å². The van der Waals surface area contributed by atoms with Gasteiger partial charge in [0, 0.05) is 12.6 Å². The lowest BCUT2D eigenvalue weighted by molar-refractivity contribution is 0.0880. The van der Waals surface area contributed by atoms with Crippen molar-refractivity contribution >= 4 is 11.8 Å². The molecule has 2 aliphatic rings. The Hall–Kier alpha value is 0.270. The van der Waals surface area contributed by atoms with E-state index in [1.165, 1.54) is 37.3 Å². The largest absolute Gasteiger partial charge is 0.383 e. The Morgan fingerprint density at radius 2 is 2.54 bits per heavy atom. The van der Waals surface area contributed by atoms with Crippen molar-refractivity contribution in [3.05, 3.63) is 0 Å². The molecule has 0 aliphatic carbocycles. The first kappa shape index (κ1) is 9.81. The van der Waals surface area contributed by atoms with Gasteiger partial charge in [0.15, 0.2) is 0 Å². The molecule has 2 aliphatic heterocycles. The van der Waals surface area contributed by atoms with Gasteiger partial charge in [0.2, 0.25) is 0 Å². The van der Waals surface area contributed by atoms with Crippen molar-refractivity contribution in [3.63, 3.8) is 0 Å². The first-order valence-corrected chi connectivity index (χ1v) is 6.34. The van der Waals surface area contributed by atoms with Gasteiger partial charge in [-0.3, -0.25) is 0 Å². The van der Waals surface area contributed by atoms with Crippen LogP contribution in [-0.4, -0.2) is 37.3 Å². The Morgan fingerprint density at radius 3 is 3.08 bits per heavy atom. The highest BCUT2D eigenvalue weighted by Crippen LogP contribution is 2.37. The zero-order chi connectivity index (χ0) is 9.15. The minimum Gasteiger partial charge on any atom is -0.383 e. The Balaban J connectivity index is 2.02. The van der Waals surface area contributed by atoms with Crippen LogP contribution in [-0.2, 0) is 4.74 Å².